The number of aliphatic hydroxyl groups is 1. The topological polar surface area (TPSA) is 62.2 Å². The van der Waals surface area contributed by atoms with Crippen molar-refractivity contribution in [3.05, 3.63) is 23.3 Å². The predicted octanol–water partition coefficient (Wildman–Crippen LogP) is 5.19. The summed E-state index contributed by atoms with van der Waals surface area (Å²) in [6, 6.07) is 4.22. The van der Waals surface area contributed by atoms with E-state index in [1.54, 1.807) is 6.07 Å². The number of aromatic hydroxyl groups is 1. The number of hydrogen-bond acceptors (Lipinski definition) is 5. The lowest BCUT2D eigenvalue weighted by Gasteiger charge is -2.74. The number of phenols is 1. The molecule has 5 nitrogen and oxygen atoms in total. The number of methoxy groups -OCH3 is 1. The van der Waals surface area contributed by atoms with Crippen LogP contribution in [0.25, 0.3) is 0 Å². The highest BCUT2D eigenvalue weighted by atomic mass is 16.6. The lowest BCUT2D eigenvalue weighted by Crippen LogP contribution is -2.81. The Hall–Kier alpha value is -1.30. The van der Waals surface area contributed by atoms with Gasteiger partial charge in [0.1, 0.15) is 11.7 Å². The summed E-state index contributed by atoms with van der Waals surface area (Å²) >= 11 is 0. The first-order chi connectivity index (χ1) is 16.4. The van der Waals surface area contributed by atoms with Gasteiger partial charge in [-0.05, 0) is 94.2 Å². The molecule has 7 rings (SSSR count). The molecular formula is C30H45NO4. The normalized spacial score (nSPS) is 42.1. The van der Waals surface area contributed by atoms with Crippen LogP contribution in [-0.4, -0.2) is 58.7 Å². The van der Waals surface area contributed by atoms with E-state index in [-0.39, 0.29) is 34.0 Å². The van der Waals surface area contributed by atoms with E-state index < -0.39 is 11.2 Å². The zero-order valence-corrected chi connectivity index (χ0v) is 22.8. The minimum absolute atomic E-state index is 0.0468. The number of hydrogen-bond donors (Lipinski definition) is 2. The van der Waals surface area contributed by atoms with Crippen molar-refractivity contribution in [2.45, 2.75) is 109 Å². The first-order valence-electron chi connectivity index (χ1n) is 13.9. The Kier molecular flexibility index (Phi) is 4.93. The number of aryl methyl sites for hydroxylation is 1. The van der Waals surface area contributed by atoms with E-state index in [9.17, 15) is 10.2 Å². The summed E-state index contributed by atoms with van der Waals surface area (Å²) < 4.78 is 13.5. The molecule has 5 heteroatoms. The molecular weight excluding hydrogens is 438 g/mol. The maximum atomic E-state index is 12.2. The Balaban J connectivity index is 1.59. The Bertz CT molecular complexity index is 1040. The van der Waals surface area contributed by atoms with Crippen molar-refractivity contribution >= 4 is 0 Å². The van der Waals surface area contributed by atoms with Crippen LogP contribution in [0.4, 0.5) is 0 Å². The fourth-order valence-electron chi connectivity index (χ4n) is 9.22. The third-order valence-corrected chi connectivity index (χ3v) is 11.8. The van der Waals surface area contributed by atoms with Crippen molar-refractivity contribution in [1.29, 1.82) is 0 Å². The second-order valence-electron chi connectivity index (χ2n) is 13.9. The van der Waals surface area contributed by atoms with E-state index in [0.29, 0.717) is 11.8 Å². The molecule has 4 aliphatic carbocycles. The zero-order chi connectivity index (χ0) is 25.2. The molecule has 0 aromatic heterocycles. The number of fused-ring (bicyclic) bond motifs is 3. The Morgan fingerprint density at radius 2 is 1.86 bits per heavy atom. The van der Waals surface area contributed by atoms with Gasteiger partial charge in [0.2, 0.25) is 0 Å². The first-order valence-corrected chi connectivity index (χ1v) is 13.9. The number of ether oxygens (including phenoxy) is 2. The molecule has 0 amide bonds. The highest BCUT2D eigenvalue weighted by Gasteiger charge is 2.80. The van der Waals surface area contributed by atoms with E-state index in [1.807, 2.05) is 14.0 Å². The minimum atomic E-state index is -0.934. The van der Waals surface area contributed by atoms with Crippen LogP contribution in [0.2, 0.25) is 0 Å². The van der Waals surface area contributed by atoms with Gasteiger partial charge in [-0.15, -0.1) is 0 Å². The largest absolute Gasteiger partial charge is 0.504 e. The third kappa shape index (κ3) is 2.76. The predicted molar refractivity (Wildman–Crippen MR) is 137 cm³/mol. The van der Waals surface area contributed by atoms with Gasteiger partial charge in [-0.25, -0.2) is 0 Å². The van der Waals surface area contributed by atoms with Crippen LogP contribution < -0.4 is 4.74 Å². The molecule has 7 atom stereocenters. The summed E-state index contributed by atoms with van der Waals surface area (Å²) in [5, 5.41) is 23.2. The summed E-state index contributed by atoms with van der Waals surface area (Å²) in [6.45, 7) is 15.3. The van der Waals surface area contributed by atoms with Gasteiger partial charge in [0, 0.05) is 36.6 Å². The van der Waals surface area contributed by atoms with Crippen LogP contribution in [-0.2, 0) is 10.2 Å². The smallest absolute Gasteiger partial charge is 0.165 e. The van der Waals surface area contributed by atoms with Crippen molar-refractivity contribution in [1.82, 2.24) is 4.90 Å². The third-order valence-electron chi connectivity index (χ3n) is 11.8. The molecule has 2 heterocycles. The van der Waals surface area contributed by atoms with Crippen molar-refractivity contribution < 1.29 is 19.7 Å². The molecule has 1 saturated heterocycles. The standard InChI is InChI=1S/C30H45NO4/c1-18-8-11-21(32)24-23(18)29-14-15-31(17-20-9-10-20)19(2)28(29)12-13-30(34-7,25(29)35-24)22(16-28)27(6,33)26(3,4)5/h8,11,19-20,22,25,32-33H,9-10,12-17H2,1-7H3/t19-,22-,25-,27?,28-,29+,30-/m1/s1. The summed E-state index contributed by atoms with van der Waals surface area (Å²) in [5.41, 5.74) is 0.314. The molecule has 1 aromatic rings. The number of rotatable bonds is 4. The van der Waals surface area contributed by atoms with Crippen molar-refractivity contribution in [2.24, 2.45) is 22.7 Å². The molecule has 0 radical (unpaired) electrons. The average Bonchev–Trinajstić information content (AvgIpc) is 3.54. The summed E-state index contributed by atoms with van der Waals surface area (Å²) in [7, 11) is 1.82. The van der Waals surface area contributed by atoms with Crippen molar-refractivity contribution in [2.75, 3.05) is 20.2 Å². The second kappa shape index (κ2) is 7.17. The molecule has 35 heavy (non-hydrogen) atoms. The molecule has 5 fully saturated rings. The quantitative estimate of drug-likeness (QED) is 0.617. The van der Waals surface area contributed by atoms with Gasteiger partial charge in [-0.1, -0.05) is 26.8 Å². The van der Waals surface area contributed by atoms with Gasteiger partial charge in [0.25, 0.3) is 0 Å². The SMILES string of the molecule is CO[C@]12CC[C@@]3(C[C@@H]1C(C)(O)C(C)(C)C)[C@@H](C)N(CC1CC1)CC[C@@]31c3c(C)ccc(O)c3O[C@@H]21. The molecule has 2 spiro atoms. The number of phenolic OH excluding ortho intramolecular Hbond substituents is 1. The molecule has 194 valence electrons. The lowest BCUT2D eigenvalue weighted by molar-refractivity contribution is -0.309. The van der Waals surface area contributed by atoms with Crippen molar-refractivity contribution in [3.8, 4) is 11.5 Å². The maximum Gasteiger partial charge on any atom is 0.165 e. The zero-order valence-electron chi connectivity index (χ0n) is 22.8. The Labute approximate surface area is 211 Å². The number of piperidine rings is 1. The monoisotopic (exact) mass is 483 g/mol. The van der Waals surface area contributed by atoms with E-state index in [0.717, 1.165) is 38.1 Å². The van der Waals surface area contributed by atoms with E-state index >= 15 is 0 Å². The van der Waals surface area contributed by atoms with E-state index in [1.165, 1.54) is 30.5 Å². The van der Waals surface area contributed by atoms with Gasteiger partial charge in [-0.2, -0.15) is 0 Å². The Morgan fingerprint density at radius 3 is 2.49 bits per heavy atom. The lowest BCUT2D eigenvalue weighted by atomic mass is 9.35. The maximum absolute atomic E-state index is 12.2. The van der Waals surface area contributed by atoms with E-state index in [2.05, 4.69) is 45.6 Å². The molecule has 2 aliphatic heterocycles. The Morgan fingerprint density at radius 1 is 1.14 bits per heavy atom. The van der Waals surface area contributed by atoms with Gasteiger partial charge in [0.05, 0.1) is 5.60 Å². The molecule has 1 unspecified atom stereocenters. The fraction of sp³-hybridized carbons (Fsp3) is 0.800. The first kappa shape index (κ1) is 24.1. The van der Waals surface area contributed by atoms with Crippen molar-refractivity contribution in [3.63, 3.8) is 0 Å². The highest BCUT2D eigenvalue weighted by Crippen LogP contribution is 2.76. The summed E-state index contributed by atoms with van der Waals surface area (Å²) in [6.07, 6.45) is 6.38. The highest BCUT2D eigenvalue weighted by molar-refractivity contribution is 5.61. The number of benzene rings is 1. The van der Waals surface area contributed by atoms with Crippen LogP contribution in [0, 0.1) is 29.6 Å². The minimum Gasteiger partial charge on any atom is -0.504 e. The fourth-order valence-corrected chi connectivity index (χ4v) is 9.22. The van der Waals surface area contributed by atoms with Gasteiger partial charge in [0.15, 0.2) is 11.5 Å². The van der Waals surface area contributed by atoms with Gasteiger partial charge < -0.3 is 19.7 Å². The number of nitrogens with zero attached hydrogens (tertiary/aromatic N) is 1. The number of likely N-dealkylation sites (tertiary alicyclic amines) is 1. The molecule has 2 N–H and O–H groups in total. The van der Waals surface area contributed by atoms with Gasteiger partial charge in [-0.3, -0.25) is 4.90 Å². The van der Waals surface area contributed by atoms with Crippen LogP contribution >= 0.6 is 0 Å². The van der Waals surface area contributed by atoms with E-state index in [4.69, 9.17) is 9.47 Å². The van der Waals surface area contributed by atoms with Gasteiger partial charge >= 0.3 is 0 Å². The summed E-state index contributed by atoms with van der Waals surface area (Å²) in [4.78, 5) is 2.75. The van der Waals surface area contributed by atoms with Crippen LogP contribution in [0.1, 0.15) is 84.3 Å². The molecule has 1 aromatic carbocycles. The molecule has 6 aliphatic rings. The average molecular weight is 484 g/mol. The summed E-state index contributed by atoms with van der Waals surface area (Å²) in [5.74, 6) is 1.69. The van der Waals surface area contributed by atoms with Crippen LogP contribution in [0.5, 0.6) is 11.5 Å². The van der Waals surface area contributed by atoms with Crippen LogP contribution in [0.3, 0.4) is 0 Å². The molecule has 2 bridgehead atoms. The molecule has 4 saturated carbocycles. The second-order valence-corrected chi connectivity index (χ2v) is 13.9. The van der Waals surface area contributed by atoms with Crippen LogP contribution in [0.15, 0.2) is 12.1 Å².